The van der Waals surface area contributed by atoms with Gasteiger partial charge in [-0.3, -0.25) is 9.59 Å². The van der Waals surface area contributed by atoms with Crippen LogP contribution in [0.15, 0.2) is 42.6 Å². The molecule has 0 saturated heterocycles. The molecule has 4 rings (SSSR count). The third kappa shape index (κ3) is 5.11. The van der Waals surface area contributed by atoms with Crippen LogP contribution in [-0.4, -0.2) is 35.4 Å². The largest absolute Gasteiger partial charge is 0.352 e. The van der Waals surface area contributed by atoms with E-state index in [-0.39, 0.29) is 39.4 Å². The van der Waals surface area contributed by atoms with E-state index in [2.05, 4.69) is 39.8 Å². The third-order valence-electron chi connectivity index (χ3n) is 6.26. The van der Waals surface area contributed by atoms with Gasteiger partial charge >= 0.3 is 0 Å². The summed E-state index contributed by atoms with van der Waals surface area (Å²) in [5.41, 5.74) is 2.52. The number of nitrogens with zero attached hydrogens (tertiary/aromatic N) is 3. The van der Waals surface area contributed by atoms with Gasteiger partial charge in [0.2, 0.25) is 11.9 Å². The Hall–Kier alpha value is -3.72. The van der Waals surface area contributed by atoms with Crippen LogP contribution in [0.1, 0.15) is 49.5 Å². The summed E-state index contributed by atoms with van der Waals surface area (Å²) in [6, 6.07) is 9.96. The number of para-hydroxylation sites is 1. The maximum Gasteiger partial charge on any atom is 0.253 e. The lowest BCUT2D eigenvalue weighted by molar-refractivity contribution is -0.118. The minimum absolute atomic E-state index is 0.0329. The Morgan fingerprint density at radius 1 is 1.22 bits per heavy atom. The van der Waals surface area contributed by atoms with Crippen LogP contribution in [0.3, 0.4) is 0 Å². The first-order valence-corrected chi connectivity index (χ1v) is 12.0. The average molecular weight is 511 g/mol. The van der Waals surface area contributed by atoms with Crippen LogP contribution in [0.5, 0.6) is 0 Å². The highest BCUT2D eigenvalue weighted by Gasteiger charge is 2.31. The van der Waals surface area contributed by atoms with Gasteiger partial charge in [-0.1, -0.05) is 31.5 Å². The monoisotopic (exact) mass is 510 g/mol. The number of amides is 2. The Morgan fingerprint density at radius 2 is 2.00 bits per heavy atom. The minimum Gasteiger partial charge on any atom is -0.352 e. The van der Waals surface area contributed by atoms with Crippen LogP contribution in [0.2, 0.25) is 5.02 Å². The maximum atomic E-state index is 14.7. The summed E-state index contributed by atoms with van der Waals surface area (Å²) in [6.45, 7) is 6.41. The van der Waals surface area contributed by atoms with Gasteiger partial charge in [-0.15, -0.1) is 0 Å². The van der Waals surface area contributed by atoms with Crippen LogP contribution in [0.25, 0.3) is 0 Å². The van der Waals surface area contributed by atoms with E-state index in [4.69, 9.17) is 11.6 Å². The van der Waals surface area contributed by atoms with Crippen molar-refractivity contribution in [3.8, 4) is 0 Å². The Balaban J connectivity index is 1.65. The van der Waals surface area contributed by atoms with Gasteiger partial charge in [-0.05, 0) is 54.7 Å². The summed E-state index contributed by atoms with van der Waals surface area (Å²) in [6.07, 6.45) is 2.60. The van der Waals surface area contributed by atoms with Gasteiger partial charge in [0.25, 0.3) is 5.91 Å². The molecule has 2 amide bonds. The lowest BCUT2D eigenvalue weighted by Gasteiger charge is -2.27. The van der Waals surface area contributed by atoms with Gasteiger partial charge in [0.15, 0.2) is 5.82 Å². The Morgan fingerprint density at radius 3 is 2.75 bits per heavy atom. The molecule has 0 atom stereocenters. The highest BCUT2D eigenvalue weighted by molar-refractivity contribution is 6.33. The van der Waals surface area contributed by atoms with Gasteiger partial charge in [-0.25, -0.2) is 9.37 Å². The first-order valence-electron chi connectivity index (χ1n) is 11.6. The molecule has 3 N–H and O–H groups in total. The molecule has 0 aliphatic carbocycles. The highest BCUT2D eigenvalue weighted by Crippen LogP contribution is 2.40. The zero-order chi connectivity index (χ0) is 26.0. The molecular formula is C26H28ClFN6O2. The van der Waals surface area contributed by atoms with Crippen molar-refractivity contribution in [1.82, 2.24) is 15.3 Å². The molecule has 2 heterocycles. The topological polar surface area (TPSA) is 99.2 Å². The van der Waals surface area contributed by atoms with E-state index in [1.807, 2.05) is 18.2 Å². The first kappa shape index (κ1) is 25.4. The molecule has 8 nitrogen and oxygen atoms in total. The number of carbonyl (C=O) groups is 2. The van der Waals surface area contributed by atoms with E-state index in [0.717, 1.165) is 23.4 Å². The van der Waals surface area contributed by atoms with Crippen molar-refractivity contribution in [3.05, 3.63) is 64.6 Å². The molecule has 2 aromatic carbocycles. The molecule has 1 aliphatic rings. The zero-order valence-electron chi connectivity index (χ0n) is 20.6. The molecule has 10 heteroatoms. The molecule has 0 fully saturated rings. The molecule has 1 aliphatic heterocycles. The number of rotatable bonds is 6. The number of carbonyl (C=O) groups excluding carboxylic acids is 2. The van der Waals surface area contributed by atoms with Crippen LogP contribution in [0.4, 0.5) is 33.2 Å². The van der Waals surface area contributed by atoms with E-state index < -0.39 is 11.7 Å². The van der Waals surface area contributed by atoms with Gasteiger partial charge < -0.3 is 20.9 Å². The lowest BCUT2D eigenvalue weighted by Crippen LogP contribution is -2.25. The van der Waals surface area contributed by atoms with E-state index in [1.165, 1.54) is 24.4 Å². The zero-order valence-corrected chi connectivity index (χ0v) is 21.3. The maximum absolute atomic E-state index is 14.7. The Kier molecular flexibility index (Phi) is 7.12. The van der Waals surface area contributed by atoms with E-state index in [0.29, 0.717) is 13.0 Å². The van der Waals surface area contributed by atoms with E-state index in [1.54, 1.807) is 18.9 Å². The molecule has 0 unspecified atom stereocenters. The second-order valence-corrected chi connectivity index (χ2v) is 9.64. The van der Waals surface area contributed by atoms with Crippen molar-refractivity contribution in [2.75, 3.05) is 29.1 Å². The summed E-state index contributed by atoms with van der Waals surface area (Å²) in [4.78, 5) is 35.2. The number of fused-ring (bicyclic) bond motifs is 1. The van der Waals surface area contributed by atoms with E-state index >= 15 is 0 Å². The number of hydrogen-bond donors (Lipinski definition) is 3. The van der Waals surface area contributed by atoms with Crippen molar-refractivity contribution in [3.63, 3.8) is 0 Å². The van der Waals surface area contributed by atoms with Crippen LogP contribution in [-0.2, 0) is 10.2 Å². The van der Waals surface area contributed by atoms with Gasteiger partial charge in [0.1, 0.15) is 10.8 Å². The molecule has 0 radical (unpaired) electrons. The lowest BCUT2D eigenvalue weighted by atomic mass is 9.80. The van der Waals surface area contributed by atoms with Crippen molar-refractivity contribution in [2.24, 2.45) is 0 Å². The summed E-state index contributed by atoms with van der Waals surface area (Å²) >= 11 is 6.30. The van der Waals surface area contributed by atoms with Crippen LogP contribution in [0, 0.1) is 5.82 Å². The summed E-state index contributed by atoms with van der Waals surface area (Å²) < 4.78 is 14.7. The number of hydrogen-bond acceptors (Lipinski definition) is 6. The Labute approximate surface area is 214 Å². The molecule has 36 heavy (non-hydrogen) atoms. The standard InChI is InChI=1S/C26H28ClFN6O2/c1-5-29-24(36)16-7-6-8-19(28)22(16)32-23-18(27)14-30-25(33-23)31-15-9-10-20-17(13-15)26(2,3)12-11-21(35)34(20)4/h6-10,13-14H,5,11-12H2,1-4H3,(H,29,36)(H2,30,31,32,33). The van der Waals surface area contributed by atoms with Crippen molar-refractivity contribution < 1.29 is 14.0 Å². The second kappa shape index (κ2) is 10.1. The predicted molar refractivity (Wildman–Crippen MR) is 140 cm³/mol. The molecule has 188 valence electrons. The second-order valence-electron chi connectivity index (χ2n) is 9.23. The number of benzene rings is 2. The predicted octanol–water partition coefficient (Wildman–Crippen LogP) is 5.54. The third-order valence-corrected chi connectivity index (χ3v) is 6.54. The molecule has 0 spiro atoms. The summed E-state index contributed by atoms with van der Waals surface area (Å²) in [5.74, 6) is -0.577. The van der Waals surface area contributed by atoms with Gasteiger partial charge in [-0.2, -0.15) is 4.98 Å². The molecule has 0 saturated carbocycles. The fraction of sp³-hybridized carbons (Fsp3) is 0.308. The Bertz CT molecular complexity index is 1330. The summed E-state index contributed by atoms with van der Waals surface area (Å²) in [7, 11) is 1.79. The van der Waals surface area contributed by atoms with Crippen molar-refractivity contribution >= 4 is 52.2 Å². The normalized spacial score (nSPS) is 14.6. The molecule has 0 bridgehead atoms. The quantitative estimate of drug-likeness (QED) is 0.402. The highest BCUT2D eigenvalue weighted by atomic mass is 35.5. The number of anilines is 5. The SMILES string of the molecule is CCNC(=O)c1cccc(F)c1Nc1nc(Nc2ccc3c(c2)C(C)(C)CCC(=O)N3C)ncc1Cl. The average Bonchev–Trinajstić information content (AvgIpc) is 2.92. The fourth-order valence-corrected chi connectivity index (χ4v) is 4.30. The number of aromatic nitrogens is 2. The number of halogens is 2. The van der Waals surface area contributed by atoms with Crippen LogP contribution >= 0.6 is 11.6 Å². The van der Waals surface area contributed by atoms with Crippen molar-refractivity contribution in [2.45, 2.75) is 39.0 Å². The van der Waals surface area contributed by atoms with Gasteiger partial charge in [0, 0.05) is 31.4 Å². The summed E-state index contributed by atoms with van der Waals surface area (Å²) in [5, 5.41) is 8.85. The minimum atomic E-state index is -0.616. The molecule has 1 aromatic heterocycles. The molecule has 3 aromatic rings. The van der Waals surface area contributed by atoms with Gasteiger partial charge in [0.05, 0.1) is 17.4 Å². The van der Waals surface area contributed by atoms with E-state index in [9.17, 15) is 14.0 Å². The smallest absolute Gasteiger partial charge is 0.253 e. The fourth-order valence-electron chi connectivity index (χ4n) is 4.16. The molecular weight excluding hydrogens is 483 g/mol. The van der Waals surface area contributed by atoms with Crippen molar-refractivity contribution in [1.29, 1.82) is 0 Å². The first-order chi connectivity index (χ1) is 17.1. The number of nitrogens with one attached hydrogen (secondary N) is 3. The van der Waals surface area contributed by atoms with Crippen LogP contribution < -0.4 is 20.9 Å².